The number of nitrogens with zero attached hydrogens (tertiary/aromatic N) is 4. The van der Waals surface area contributed by atoms with Gasteiger partial charge in [0.15, 0.2) is 0 Å². The first-order valence-corrected chi connectivity index (χ1v) is 15.1. The Kier molecular flexibility index (Phi) is 7.23. The highest BCUT2D eigenvalue weighted by Gasteiger charge is 2.44. The molecule has 0 amide bonds. The number of hydrogen-bond acceptors (Lipinski definition) is 8. The van der Waals surface area contributed by atoms with Crippen LogP contribution in [0.25, 0.3) is 21.7 Å². The van der Waals surface area contributed by atoms with E-state index in [9.17, 15) is 10.1 Å². The minimum Gasteiger partial charge on any atom is -0.383 e. The predicted molar refractivity (Wildman–Crippen MR) is 173 cm³/mol. The molecule has 0 unspecified atom stereocenters. The van der Waals surface area contributed by atoms with Gasteiger partial charge in [0.25, 0.3) is 5.56 Å². The van der Waals surface area contributed by atoms with E-state index in [4.69, 9.17) is 11.6 Å². The SMILES string of the molecule is CCn1ccc2c([C@H](Nc3cc(Cl)c4ncc(C#N)c(NCC(C)(C)C)c4c3)C3=CN(C4(C)CC4)NN3)cccc2c1=O. The van der Waals surface area contributed by atoms with Gasteiger partial charge in [-0.3, -0.25) is 14.8 Å². The van der Waals surface area contributed by atoms with E-state index in [0.29, 0.717) is 40.3 Å². The number of nitrogens with one attached hydrogen (secondary N) is 4. The molecule has 9 nitrogen and oxygen atoms in total. The average Bonchev–Trinajstić information content (AvgIpc) is 3.53. The maximum absolute atomic E-state index is 13.3. The maximum atomic E-state index is 13.3. The molecule has 4 aromatic rings. The number of rotatable bonds is 8. The molecule has 1 saturated carbocycles. The van der Waals surface area contributed by atoms with E-state index >= 15 is 0 Å². The summed E-state index contributed by atoms with van der Waals surface area (Å²) in [5, 5.41) is 22.0. The van der Waals surface area contributed by atoms with Crippen LogP contribution in [-0.2, 0) is 6.54 Å². The van der Waals surface area contributed by atoms with Gasteiger partial charge < -0.3 is 20.6 Å². The molecule has 2 aromatic carbocycles. The van der Waals surface area contributed by atoms with Gasteiger partial charge in [0.1, 0.15) is 6.07 Å². The number of pyridine rings is 2. The van der Waals surface area contributed by atoms with Crippen molar-refractivity contribution in [2.24, 2.45) is 5.41 Å². The van der Waals surface area contributed by atoms with Crippen molar-refractivity contribution < 1.29 is 0 Å². The number of hydrazine groups is 2. The number of halogens is 1. The molecule has 0 radical (unpaired) electrons. The number of benzene rings is 2. The van der Waals surface area contributed by atoms with Crippen molar-refractivity contribution in [1.82, 2.24) is 25.5 Å². The van der Waals surface area contributed by atoms with Crippen LogP contribution in [0.5, 0.6) is 0 Å². The van der Waals surface area contributed by atoms with Crippen molar-refractivity contribution in [3.63, 3.8) is 0 Å². The monoisotopic (exact) mass is 596 g/mol. The Morgan fingerprint density at radius 3 is 2.67 bits per heavy atom. The molecule has 1 atom stereocenters. The van der Waals surface area contributed by atoms with Crippen molar-refractivity contribution in [1.29, 1.82) is 5.26 Å². The first-order chi connectivity index (χ1) is 20.5. The summed E-state index contributed by atoms with van der Waals surface area (Å²) in [7, 11) is 0. The second-order valence-electron chi connectivity index (χ2n) is 12.9. The molecular formula is C33H37ClN8O. The molecule has 10 heteroatoms. The van der Waals surface area contributed by atoms with Gasteiger partial charge in [-0.1, -0.05) is 44.5 Å². The van der Waals surface area contributed by atoms with E-state index in [-0.39, 0.29) is 22.6 Å². The summed E-state index contributed by atoms with van der Waals surface area (Å²) < 4.78 is 1.72. The minimum absolute atomic E-state index is 0.00450. The summed E-state index contributed by atoms with van der Waals surface area (Å²) >= 11 is 6.84. The number of aryl methyl sites for hydroxylation is 1. The van der Waals surface area contributed by atoms with Crippen molar-refractivity contribution >= 4 is 44.7 Å². The van der Waals surface area contributed by atoms with E-state index in [1.807, 2.05) is 49.5 Å². The highest BCUT2D eigenvalue weighted by Crippen LogP contribution is 2.43. The topological polar surface area (TPSA) is 110 Å². The van der Waals surface area contributed by atoms with Crippen LogP contribution in [0.1, 0.15) is 64.6 Å². The largest absolute Gasteiger partial charge is 0.383 e. The van der Waals surface area contributed by atoms with Gasteiger partial charge in [-0.25, -0.2) is 0 Å². The Labute approximate surface area is 256 Å². The summed E-state index contributed by atoms with van der Waals surface area (Å²) in [5.41, 5.74) is 11.2. The van der Waals surface area contributed by atoms with E-state index in [1.54, 1.807) is 10.8 Å². The summed E-state index contributed by atoms with van der Waals surface area (Å²) in [6.45, 7) is 11.9. The molecule has 3 heterocycles. The first-order valence-electron chi connectivity index (χ1n) is 14.7. The summed E-state index contributed by atoms with van der Waals surface area (Å²) in [6.07, 6.45) is 7.73. The third-order valence-electron chi connectivity index (χ3n) is 8.31. The van der Waals surface area contributed by atoms with Crippen molar-refractivity contribution in [3.05, 3.63) is 87.2 Å². The van der Waals surface area contributed by atoms with Crippen LogP contribution in [0.2, 0.25) is 5.02 Å². The molecule has 2 aliphatic rings. The molecule has 0 bridgehead atoms. The summed E-state index contributed by atoms with van der Waals surface area (Å²) in [6, 6.07) is 13.7. The second kappa shape index (κ2) is 10.8. The minimum atomic E-state index is -0.355. The lowest BCUT2D eigenvalue weighted by Gasteiger charge is -2.24. The molecule has 0 spiro atoms. The molecule has 4 N–H and O–H groups in total. The van der Waals surface area contributed by atoms with Crippen molar-refractivity contribution in [2.45, 2.75) is 65.6 Å². The van der Waals surface area contributed by atoms with Crippen molar-refractivity contribution in [3.8, 4) is 6.07 Å². The van der Waals surface area contributed by atoms with Crippen LogP contribution < -0.4 is 27.2 Å². The Bertz CT molecular complexity index is 1860. The molecule has 43 heavy (non-hydrogen) atoms. The van der Waals surface area contributed by atoms with Crippen LogP contribution in [0, 0.1) is 16.7 Å². The molecule has 1 aliphatic heterocycles. The van der Waals surface area contributed by atoms with E-state index in [1.165, 1.54) is 0 Å². The van der Waals surface area contributed by atoms with Gasteiger partial charge in [0, 0.05) is 48.1 Å². The Hall–Kier alpha value is -4.26. The van der Waals surface area contributed by atoms with E-state index in [2.05, 4.69) is 71.6 Å². The molecule has 0 saturated heterocycles. The molecule has 2 aromatic heterocycles. The number of fused-ring (bicyclic) bond motifs is 2. The van der Waals surface area contributed by atoms with Crippen LogP contribution in [0.4, 0.5) is 11.4 Å². The molecule has 1 aliphatic carbocycles. The number of aromatic nitrogens is 2. The van der Waals surface area contributed by atoms with E-state index < -0.39 is 0 Å². The smallest absolute Gasteiger partial charge is 0.258 e. The zero-order valence-corrected chi connectivity index (χ0v) is 25.9. The Morgan fingerprint density at radius 2 is 1.98 bits per heavy atom. The lowest BCUT2D eigenvalue weighted by molar-refractivity contribution is 0.190. The highest BCUT2D eigenvalue weighted by molar-refractivity contribution is 6.35. The second-order valence-corrected chi connectivity index (χ2v) is 13.3. The van der Waals surface area contributed by atoms with E-state index in [0.717, 1.165) is 40.6 Å². The zero-order chi connectivity index (χ0) is 30.5. The lowest BCUT2D eigenvalue weighted by atomic mass is 9.96. The van der Waals surface area contributed by atoms with Gasteiger partial charge in [-0.05, 0) is 67.3 Å². The van der Waals surface area contributed by atoms with Crippen LogP contribution in [0.15, 0.2) is 65.5 Å². The summed E-state index contributed by atoms with van der Waals surface area (Å²) in [4.78, 5) is 17.8. The van der Waals surface area contributed by atoms with Gasteiger partial charge in [-0.15, -0.1) is 5.53 Å². The molecule has 6 rings (SSSR count). The lowest BCUT2D eigenvalue weighted by Crippen LogP contribution is -2.43. The number of anilines is 2. The fourth-order valence-corrected chi connectivity index (χ4v) is 5.76. The van der Waals surface area contributed by atoms with Crippen LogP contribution in [0.3, 0.4) is 0 Å². The third-order valence-corrected chi connectivity index (χ3v) is 8.60. The maximum Gasteiger partial charge on any atom is 0.258 e. The molecule has 1 fully saturated rings. The van der Waals surface area contributed by atoms with Gasteiger partial charge in [0.2, 0.25) is 0 Å². The third kappa shape index (κ3) is 5.49. The standard InChI is InChI=1S/C33H37ClN8O/c1-6-41-13-10-22-23(8-7-9-24(22)31(41)43)30(27-18-42(40-39-27)33(5)11-12-33)38-21-14-25-28(37-19-32(2,3)4)20(16-35)17-36-29(25)26(34)15-21/h7-10,13-15,17-18,30,38-40H,6,11-12,19H2,1-5H3,(H,36,37)/t30-/m0/s1. The normalized spacial score (nSPS) is 16.5. The van der Waals surface area contributed by atoms with Crippen LogP contribution >= 0.6 is 11.6 Å². The van der Waals surface area contributed by atoms with Gasteiger partial charge >= 0.3 is 0 Å². The highest BCUT2D eigenvalue weighted by atomic mass is 35.5. The quantitative estimate of drug-likeness (QED) is 0.184. The van der Waals surface area contributed by atoms with Crippen LogP contribution in [-0.4, -0.2) is 26.6 Å². The Morgan fingerprint density at radius 1 is 1.19 bits per heavy atom. The number of hydrogen-bond donors (Lipinski definition) is 4. The molecule has 222 valence electrons. The van der Waals surface area contributed by atoms with Crippen molar-refractivity contribution in [2.75, 3.05) is 17.2 Å². The first kappa shape index (κ1) is 28.8. The number of nitriles is 1. The average molecular weight is 597 g/mol. The van der Waals surface area contributed by atoms with Gasteiger partial charge in [0.05, 0.1) is 39.1 Å². The molecular weight excluding hydrogens is 560 g/mol. The predicted octanol–water partition coefficient (Wildman–Crippen LogP) is 6.42. The fraction of sp³-hybridized carbons (Fsp3) is 0.364. The van der Waals surface area contributed by atoms with Gasteiger partial charge in [-0.2, -0.15) is 5.26 Å². The Balaban J connectivity index is 1.49. The zero-order valence-electron chi connectivity index (χ0n) is 25.2. The fourth-order valence-electron chi connectivity index (χ4n) is 5.49. The summed E-state index contributed by atoms with van der Waals surface area (Å²) in [5.74, 6) is 0.